The van der Waals surface area contributed by atoms with Crippen molar-refractivity contribution >= 4 is 17.3 Å². The molecule has 1 aromatic heterocycles. The maximum absolute atomic E-state index is 12.4. The van der Waals surface area contributed by atoms with Gasteiger partial charge in [-0.05, 0) is 31.0 Å². The van der Waals surface area contributed by atoms with Crippen LogP contribution < -0.4 is 11.1 Å². The van der Waals surface area contributed by atoms with Crippen LogP contribution in [0.15, 0.2) is 36.5 Å². The molecule has 1 aromatic carbocycles. The molecule has 1 heterocycles. The number of para-hydroxylation sites is 1. The van der Waals surface area contributed by atoms with Gasteiger partial charge in [0.05, 0.1) is 12.3 Å². The number of aromatic nitrogens is 1. The molecule has 3 N–H and O–H groups in total. The van der Waals surface area contributed by atoms with Gasteiger partial charge >= 0.3 is 0 Å². The second-order valence-electron chi connectivity index (χ2n) is 4.80. The number of nitrogens with zero attached hydrogens (tertiary/aromatic N) is 1. The average molecular weight is 287 g/mol. The van der Waals surface area contributed by atoms with Gasteiger partial charge in [0.15, 0.2) is 0 Å². The minimum atomic E-state index is -0.154. The minimum absolute atomic E-state index is 0.154. The molecule has 0 aliphatic heterocycles. The summed E-state index contributed by atoms with van der Waals surface area (Å²) in [6.45, 7) is 3.29. The van der Waals surface area contributed by atoms with Gasteiger partial charge in [0, 0.05) is 25.5 Å². The number of aryl methyl sites for hydroxylation is 1. The summed E-state index contributed by atoms with van der Waals surface area (Å²) in [6.07, 6.45) is 2.52. The number of hydrogen-bond donors (Lipinski definition) is 2. The van der Waals surface area contributed by atoms with Crippen LogP contribution in [0.3, 0.4) is 0 Å². The highest BCUT2D eigenvalue weighted by Crippen LogP contribution is 2.18. The highest BCUT2D eigenvalue weighted by molar-refractivity contribution is 6.04. The second kappa shape index (κ2) is 6.95. The lowest BCUT2D eigenvalue weighted by Crippen LogP contribution is -2.17. The number of benzene rings is 1. The molecule has 5 heteroatoms. The number of ether oxygens (including phenoxy) is 1. The molecular formula is C16H21N3O2. The molecule has 0 spiro atoms. The van der Waals surface area contributed by atoms with E-state index in [1.165, 1.54) is 0 Å². The fraction of sp³-hybridized carbons (Fsp3) is 0.312. The number of nitrogen functional groups attached to an aromatic ring is 1. The Morgan fingerprint density at radius 1 is 1.38 bits per heavy atom. The third-order valence-electron chi connectivity index (χ3n) is 3.33. The van der Waals surface area contributed by atoms with E-state index >= 15 is 0 Å². The summed E-state index contributed by atoms with van der Waals surface area (Å²) in [5.74, 6) is -0.154. The van der Waals surface area contributed by atoms with E-state index in [-0.39, 0.29) is 5.91 Å². The first-order chi connectivity index (χ1) is 10.2. The summed E-state index contributed by atoms with van der Waals surface area (Å²) in [5.41, 5.74) is 8.78. The standard InChI is InChI=1S/C16H21N3O2/c1-3-19-11-13(17)10-15(19)16(20)18-14-7-5-4-6-12(14)8-9-21-2/h4-7,10-11H,3,8-9,17H2,1-2H3,(H,18,20). The van der Waals surface area contributed by atoms with Gasteiger partial charge in [0.1, 0.15) is 5.69 Å². The van der Waals surface area contributed by atoms with Crippen LogP contribution in [0.25, 0.3) is 0 Å². The third kappa shape index (κ3) is 3.64. The zero-order chi connectivity index (χ0) is 15.2. The fourth-order valence-corrected chi connectivity index (χ4v) is 2.24. The van der Waals surface area contributed by atoms with E-state index in [0.29, 0.717) is 24.5 Å². The molecular weight excluding hydrogens is 266 g/mol. The highest BCUT2D eigenvalue weighted by Gasteiger charge is 2.13. The molecule has 0 aliphatic rings. The van der Waals surface area contributed by atoms with Crippen LogP contribution in [0.1, 0.15) is 23.0 Å². The van der Waals surface area contributed by atoms with E-state index in [9.17, 15) is 4.79 Å². The Morgan fingerprint density at radius 2 is 2.14 bits per heavy atom. The number of rotatable bonds is 6. The molecule has 0 atom stereocenters. The van der Waals surface area contributed by atoms with Crippen LogP contribution in [0.5, 0.6) is 0 Å². The van der Waals surface area contributed by atoms with Crippen molar-refractivity contribution < 1.29 is 9.53 Å². The fourth-order valence-electron chi connectivity index (χ4n) is 2.24. The lowest BCUT2D eigenvalue weighted by molar-refractivity contribution is 0.101. The summed E-state index contributed by atoms with van der Waals surface area (Å²) in [6, 6.07) is 9.43. The topological polar surface area (TPSA) is 69.3 Å². The van der Waals surface area contributed by atoms with E-state index in [1.54, 1.807) is 19.4 Å². The lowest BCUT2D eigenvalue weighted by Gasteiger charge is -2.11. The zero-order valence-corrected chi connectivity index (χ0v) is 12.4. The van der Waals surface area contributed by atoms with E-state index < -0.39 is 0 Å². The molecule has 0 radical (unpaired) electrons. The third-order valence-corrected chi connectivity index (χ3v) is 3.33. The molecule has 0 aliphatic carbocycles. The number of anilines is 2. The van der Waals surface area contributed by atoms with E-state index in [1.807, 2.05) is 35.8 Å². The van der Waals surface area contributed by atoms with Crippen molar-refractivity contribution in [2.45, 2.75) is 19.9 Å². The molecule has 2 aromatic rings. The van der Waals surface area contributed by atoms with Crippen LogP contribution in [0, 0.1) is 0 Å². The highest BCUT2D eigenvalue weighted by atomic mass is 16.5. The first-order valence-electron chi connectivity index (χ1n) is 6.99. The van der Waals surface area contributed by atoms with Crippen molar-refractivity contribution in [2.75, 3.05) is 24.8 Å². The Labute approximate surface area is 124 Å². The molecule has 0 unspecified atom stereocenters. The molecule has 5 nitrogen and oxygen atoms in total. The van der Waals surface area contributed by atoms with Gasteiger partial charge < -0.3 is 20.4 Å². The molecule has 0 fully saturated rings. The number of nitrogens with one attached hydrogen (secondary N) is 1. The van der Waals surface area contributed by atoms with Crippen molar-refractivity contribution in [1.29, 1.82) is 0 Å². The number of hydrogen-bond acceptors (Lipinski definition) is 3. The van der Waals surface area contributed by atoms with Crippen LogP contribution in [-0.2, 0) is 17.7 Å². The summed E-state index contributed by atoms with van der Waals surface area (Å²) >= 11 is 0. The molecule has 112 valence electrons. The predicted octanol–water partition coefficient (Wildman–Crippen LogP) is 2.53. The van der Waals surface area contributed by atoms with Gasteiger partial charge in [-0.2, -0.15) is 0 Å². The monoisotopic (exact) mass is 287 g/mol. The number of nitrogens with two attached hydrogens (primary N) is 1. The second-order valence-corrected chi connectivity index (χ2v) is 4.80. The van der Waals surface area contributed by atoms with Crippen molar-refractivity contribution in [2.24, 2.45) is 0 Å². The predicted molar refractivity (Wildman–Crippen MR) is 84.5 cm³/mol. The molecule has 21 heavy (non-hydrogen) atoms. The van der Waals surface area contributed by atoms with Crippen molar-refractivity contribution in [1.82, 2.24) is 4.57 Å². The zero-order valence-electron chi connectivity index (χ0n) is 12.4. The Bertz CT molecular complexity index is 620. The van der Waals surface area contributed by atoms with Crippen molar-refractivity contribution in [3.8, 4) is 0 Å². The summed E-state index contributed by atoms with van der Waals surface area (Å²) < 4.78 is 6.93. The maximum Gasteiger partial charge on any atom is 0.272 e. The molecule has 1 amide bonds. The smallest absolute Gasteiger partial charge is 0.272 e. The Morgan fingerprint density at radius 3 is 2.86 bits per heavy atom. The number of methoxy groups -OCH3 is 1. The van der Waals surface area contributed by atoms with Gasteiger partial charge in [0.2, 0.25) is 0 Å². The Kier molecular flexibility index (Phi) is 5.00. The van der Waals surface area contributed by atoms with Gasteiger partial charge in [-0.15, -0.1) is 0 Å². The average Bonchev–Trinajstić information content (AvgIpc) is 2.87. The molecule has 0 saturated carbocycles. The maximum atomic E-state index is 12.4. The van der Waals surface area contributed by atoms with Gasteiger partial charge in [0.25, 0.3) is 5.91 Å². The quantitative estimate of drug-likeness (QED) is 0.857. The Hall–Kier alpha value is -2.27. The summed E-state index contributed by atoms with van der Waals surface area (Å²) in [4.78, 5) is 12.4. The summed E-state index contributed by atoms with van der Waals surface area (Å²) in [7, 11) is 1.66. The first kappa shape index (κ1) is 15.1. The van der Waals surface area contributed by atoms with E-state index in [2.05, 4.69) is 5.32 Å². The van der Waals surface area contributed by atoms with Gasteiger partial charge in [-0.3, -0.25) is 4.79 Å². The van der Waals surface area contributed by atoms with Gasteiger partial charge in [-0.1, -0.05) is 18.2 Å². The van der Waals surface area contributed by atoms with Crippen LogP contribution in [0.4, 0.5) is 11.4 Å². The van der Waals surface area contributed by atoms with Crippen molar-refractivity contribution in [3.05, 3.63) is 47.8 Å². The van der Waals surface area contributed by atoms with Crippen molar-refractivity contribution in [3.63, 3.8) is 0 Å². The Balaban J connectivity index is 2.19. The SMILES string of the molecule is CCn1cc(N)cc1C(=O)Nc1ccccc1CCOC. The molecule has 0 saturated heterocycles. The molecule has 0 bridgehead atoms. The number of amides is 1. The molecule has 2 rings (SSSR count). The van der Waals surface area contributed by atoms with Crippen LogP contribution in [0.2, 0.25) is 0 Å². The lowest BCUT2D eigenvalue weighted by atomic mass is 10.1. The number of carbonyl (C=O) groups is 1. The minimum Gasteiger partial charge on any atom is -0.397 e. The number of carbonyl (C=O) groups excluding carboxylic acids is 1. The van der Waals surface area contributed by atoms with E-state index in [4.69, 9.17) is 10.5 Å². The van der Waals surface area contributed by atoms with E-state index in [0.717, 1.165) is 17.7 Å². The largest absolute Gasteiger partial charge is 0.397 e. The van der Waals surface area contributed by atoms with Gasteiger partial charge in [-0.25, -0.2) is 0 Å². The summed E-state index contributed by atoms with van der Waals surface area (Å²) in [5, 5.41) is 2.95. The first-order valence-corrected chi connectivity index (χ1v) is 6.99. The van der Waals surface area contributed by atoms with Crippen LogP contribution in [-0.4, -0.2) is 24.2 Å². The normalized spacial score (nSPS) is 10.6. The van der Waals surface area contributed by atoms with Crippen LogP contribution >= 0.6 is 0 Å².